The van der Waals surface area contributed by atoms with Gasteiger partial charge in [0.15, 0.2) is 0 Å². The fourth-order valence-corrected chi connectivity index (χ4v) is 3.05. The molecule has 5 nitrogen and oxygen atoms in total. The van der Waals surface area contributed by atoms with E-state index in [1.54, 1.807) is 12.4 Å². The van der Waals surface area contributed by atoms with Crippen LogP contribution in [-0.4, -0.2) is 15.9 Å². The van der Waals surface area contributed by atoms with Crippen LogP contribution in [0.5, 0.6) is 0 Å². The number of rotatable bonds is 3. The number of nitrogens with zero attached hydrogens (tertiary/aromatic N) is 2. The Labute approximate surface area is 125 Å². The van der Waals surface area contributed by atoms with Gasteiger partial charge in [0.05, 0.1) is 17.4 Å². The van der Waals surface area contributed by atoms with E-state index in [-0.39, 0.29) is 11.9 Å². The maximum absolute atomic E-state index is 12.4. The average Bonchev–Trinajstić information content (AvgIpc) is 2.86. The predicted octanol–water partition coefficient (Wildman–Crippen LogP) is 2.76. The van der Waals surface area contributed by atoms with Crippen LogP contribution in [0, 0.1) is 0 Å². The van der Waals surface area contributed by atoms with E-state index in [4.69, 9.17) is 5.73 Å². The van der Waals surface area contributed by atoms with Crippen molar-refractivity contribution < 1.29 is 4.79 Å². The first kappa shape index (κ1) is 13.5. The number of nitrogen functional groups attached to an aromatic ring is 1. The molecule has 0 bridgehead atoms. The maximum Gasteiger partial charge on any atom is 0.264 e. The van der Waals surface area contributed by atoms with E-state index in [0.29, 0.717) is 10.6 Å². The highest BCUT2D eigenvalue weighted by molar-refractivity contribution is 7.21. The molecule has 0 aromatic carbocycles. The molecule has 1 unspecified atom stereocenters. The van der Waals surface area contributed by atoms with Crippen LogP contribution in [0.4, 0.5) is 5.69 Å². The Morgan fingerprint density at radius 1 is 1.24 bits per heavy atom. The van der Waals surface area contributed by atoms with Crippen LogP contribution in [0.15, 0.2) is 42.7 Å². The second kappa shape index (κ2) is 5.49. The molecule has 6 heteroatoms. The molecule has 3 heterocycles. The largest absolute Gasteiger partial charge is 0.397 e. The van der Waals surface area contributed by atoms with Crippen molar-refractivity contribution in [2.45, 2.75) is 13.0 Å². The van der Waals surface area contributed by atoms with E-state index >= 15 is 0 Å². The molecule has 0 spiro atoms. The summed E-state index contributed by atoms with van der Waals surface area (Å²) in [5, 5.41) is 3.73. The lowest BCUT2D eigenvalue weighted by Crippen LogP contribution is -2.27. The van der Waals surface area contributed by atoms with Crippen LogP contribution in [0.1, 0.15) is 28.3 Å². The van der Waals surface area contributed by atoms with E-state index in [2.05, 4.69) is 15.3 Å². The van der Waals surface area contributed by atoms with E-state index in [1.807, 2.05) is 37.3 Å². The molecule has 3 N–H and O–H groups in total. The first-order valence-corrected chi connectivity index (χ1v) is 7.33. The number of nitrogens with two attached hydrogens (primary N) is 1. The Kier molecular flexibility index (Phi) is 3.53. The SMILES string of the molecule is CC(NC(=O)c1sc2ncccc2c1N)c1ccccn1. The molecule has 3 rings (SSSR count). The van der Waals surface area contributed by atoms with Crippen LogP contribution < -0.4 is 11.1 Å². The zero-order valence-corrected chi connectivity index (χ0v) is 12.2. The molecule has 0 aliphatic heterocycles. The van der Waals surface area contributed by atoms with Crippen molar-refractivity contribution in [3.05, 3.63) is 53.3 Å². The molecule has 0 aliphatic rings. The quantitative estimate of drug-likeness (QED) is 0.779. The van der Waals surface area contributed by atoms with E-state index in [9.17, 15) is 4.79 Å². The molecule has 106 valence electrons. The van der Waals surface area contributed by atoms with Crippen molar-refractivity contribution in [3.63, 3.8) is 0 Å². The minimum absolute atomic E-state index is 0.184. The number of aromatic nitrogens is 2. The average molecular weight is 298 g/mol. The lowest BCUT2D eigenvalue weighted by molar-refractivity contribution is 0.0944. The molecule has 3 aromatic rings. The summed E-state index contributed by atoms with van der Waals surface area (Å²) in [6.07, 6.45) is 3.40. The number of thiophene rings is 1. The van der Waals surface area contributed by atoms with Gasteiger partial charge < -0.3 is 11.1 Å². The van der Waals surface area contributed by atoms with Crippen LogP contribution >= 0.6 is 11.3 Å². The zero-order valence-electron chi connectivity index (χ0n) is 11.4. The summed E-state index contributed by atoms with van der Waals surface area (Å²) in [5.74, 6) is -0.200. The summed E-state index contributed by atoms with van der Waals surface area (Å²) in [5.41, 5.74) is 7.34. The van der Waals surface area contributed by atoms with Crippen molar-refractivity contribution in [1.82, 2.24) is 15.3 Å². The maximum atomic E-state index is 12.4. The van der Waals surface area contributed by atoms with Gasteiger partial charge in [-0.25, -0.2) is 4.98 Å². The summed E-state index contributed by atoms with van der Waals surface area (Å²) in [6, 6.07) is 9.10. The molecule has 0 aliphatic carbocycles. The third kappa shape index (κ3) is 2.57. The third-order valence-electron chi connectivity index (χ3n) is 3.19. The molecule has 3 aromatic heterocycles. The normalized spacial score (nSPS) is 12.2. The van der Waals surface area contributed by atoms with E-state index < -0.39 is 0 Å². The Morgan fingerprint density at radius 2 is 2.05 bits per heavy atom. The Balaban J connectivity index is 1.86. The molecule has 1 atom stereocenters. The number of carbonyl (C=O) groups excluding carboxylic acids is 1. The minimum atomic E-state index is -0.200. The summed E-state index contributed by atoms with van der Waals surface area (Å²) in [7, 11) is 0. The van der Waals surface area contributed by atoms with Crippen molar-refractivity contribution in [1.29, 1.82) is 0 Å². The van der Waals surface area contributed by atoms with Crippen LogP contribution in [0.25, 0.3) is 10.2 Å². The predicted molar refractivity (Wildman–Crippen MR) is 84.2 cm³/mol. The number of carbonyl (C=O) groups is 1. The molecule has 0 radical (unpaired) electrons. The number of nitrogens with one attached hydrogen (secondary N) is 1. The van der Waals surface area contributed by atoms with Gasteiger partial charge in [-0.05, 0) is 31.2 Å². The van der Waals surface area contributed by atoms with Gasteiger partial charge in [-0.3, -0.25) is 9.78 Å². The van der Waals surface area contributed by atoms with Crippen molar-refractivity contribution in [3.8, 4) is 0 Å². The number of anilines is 1. The summed E-state index contributed by atoms with van der Waals surface area (Å²) in [6.45, 7) is 1.89. The third-order valence-corrected chi connectivity index (χ3v) is 4.32. The highest BCUT2D eigenvalue weighted by Crippen LogP contribution is 2.32. The second-order valence-electron chi connectivity index (χ2n) is 4.65. The topological polar surface area (TPSA) is 80.9 Å². The van der Waals surface area contributed by atoms with Gasteiger partial charge in [0.1, 0.15) is 9.71 Å². The number of pyridine rings is 2. The fourth-order valence-electron chi connectivity index (χ4n) is 2.09. The van der Waals surface area contributed by atoms with Gasteiger partial charge in [0, 0.05) is 17.8 Å². The Hall–Kier alpha value is -2.47. The first-order chi connectivity index (χ1) is 10.2. The summed E-state index contributed by atoms with van der Waals surface area (Å²) >= 11 is 1.30. The van der Waals surface area contributed by atoms with Crippen molar-refractivity contribution in [2.24, 2.45) is 0 Å². The Morgan fingerprint density at radius 3 is 2.76 bits per heavy atom. The standard InChI is InChI=1S/C15H14N4OS/c1-9(11-6-2-3-7-17-11)19-14(20)13-12(16)10-5-4-8-18-15(10)21-13/h2-9H,16H2,1H3,(H,19,20). The number of fused-ring (bicyclic) bond motifs is 1. The lowest BCUT2D eigenvalue weighted by Gasteiger charge is -2.12. The fraction of sp³-hybridized carbons (Fsp3) is 0.133. The van der Waals surface area contributed by atoms with Crippen molar-refractivity contribution >= 4 is 33.1 Å². The van der Waals surface area contributed by atoms with Gasteiger partial charge in [-0.15, -0.1) is 11.3 Å². The molecular weight excluding hydrogens is 284 g/mol. The highest BCUT2D eigenvalue weighted by Gasteiger charge is 2.19. The first-order valence-electron chi connectivity index (χ1n) is 6.51. The van der Waals surface area contributed by atoms with Crippen LogP contribution in [0.3, 0.4) is 0 Å². The minimum Gasteiger partial charge on any atom is -0.397 e. The molecule has 0 saturated heterocycles. The monoisotopic (exact) mass is 298 g/mol. The van der Waals surface area contributed by atoms with E-state index in [1.165, 1.54) is 11.3 Å². The zero-order chi connectivity index (χ0) is 14.8. The molecule has 1 amide bonds. The summed E-state index contributed by atoms with van der Waals surface area (Å²) < 4.78 is 0. The van der Waals surface area contributed by atoms with Gasteiger partial charge in [-0.2, -0.15) is 0 Å². The van der Waals surface area contributed by atoms with Gasteiger partial charge in [0.25, 0.3) is 5.91 Å². The second-order valence-corrected chi connectivity index (χ2v) is 5.65. The van der Waals surface area contributed by atoms with Crippen molar-refractivity contribution in [2.75, 3.05) is 5.73 Å². The van der Waals surface area contributed by atoms with Crippen LogP contribution in [0.2, 0.25) is 0 Å². The molecule has 21 heavy (non-hydrogen) atoms. The molecular formula is C15H14N4OS. The number of hydrogen-bond donors (Lipinski definition) is 2. The number of amides is 1. The van der Waals surface area contributed by atoms with Gasteiger partial charge >= 0.3 is 0 Å². The molecule has 0 fully saturated rings. The van der Waals surface area contributed by atoms with E-state index in [0.717, 1.165) is 15.9 Å². The smallest absolute Gasteiger partial charge is 0.264 e. The molecule has 0 saturated carbocycles. The highest BCUT2D eigenvalue weighted by atomic mass is 32.1. The van der Waals surface area contributed by atoms with Gasteiger partial charge in [0.2, 0.25) is 0 Å². The van der Waals surface area contributed by atoms with Gasteiger partial charge in [-0.1, -0.05) is 6.07 Å². The Bertz CT molecular complexity index is 785. The summed E-state index contributed by atoms with van der Waals surface area (Å²) in [4.78, 5) is 22.1. The number of hydrogen-bond acceptors (Lipinski definition) is 5. The van der Waals surface area contributed by atoms with Crippen LogP contribution in [-0.2, 0) is 0 Å². The lowest BCUT2D eigenvalue weighted by atomic mass is 10.2.